The van der Waals surface area contributed by atoms with Gasteiger partial charge in [0, 0.05) is 16.9 Å². The average Bonchev–Trinajstić information content (AvgIpc) is 2.32. The molecule has 0 amide bonds. The van der Waals surface area contributed by atoms with E-state index in [0.29, 0.717) is 5.56 Å². The zero-order valence-corrected chi connectivity index (χ0v) is 9.10. The first-order valence-corrected chi connectivity index (χ1v) is 5.17. The second kappa shape index (κ2) is 4.62. The fraction of sp³-hybridized carbons (Fsp3) is 0.0714. The number of hydrogen-bond acceptors (Lipinski definition) is 2. The van der Waals surface area contributed by atoms with Crippen LogP contribution in [-0.2, 0) is 0 Å². The summed E-state index contributed by atoms with van der Waals surface area (Å²) in [5.74, 6) is 0. The van der Waals surface area contributed by atoms with E-state index in [1.165, 1.54) is 5.56 Å². The van der Waals surface area contributed by atoms with E-state index in [4.69, 9.17) is 0 Å². The molecule has 0 heterocycles. The molecule has 0 radical (unpaired) electrons. The molecule has 2 nitrogen and oxygen atoms in total. The van der Waals surface area contributed by atoms with Crippen LogP contribution < -0.4 is 5.32 Å². The van der Waals surface area contributed by atoms with E-state index in [-0.39, 0.29) is 0 Å². The Labute approximate surface area is 94.9 Å². The third-order valence-electron chi connectivity index (χ3n) is 2.36. The summed E-state index contributed by atoms with van der Waals surface area (Å²) in [6, 6.07) is 15.5. The van der Waals surface area contributed by atoms with Crippen LogP contribution in [0.4, 0.5) is 11.4 Å². The molecule has 2 aromatic rings. The van der Waals surface area contributed by atoms with Crippen LogP contribution in [0.2, 0.25) is 0 Å². The minimum Gasteiger partial charge on any atom is -0.356 e. The Bertz CT molecular complexity index is 488. The predicted molar refractivity (Wildman–Crippen MR) is 66.3 cm³/mol. The van der Waals surface area contributed by atoms with Crippen LogP contribution in [0.5, 0.6) is 0 Å². The van der Waals surface area contributed by atoms with Crippen LogP contribution >= 0.6 is 0 Å². The minimum absolute atomic E-state index is 0.678. The van der Waals surface area contributed by atoms with Gasteiger partial charge >= 0.3 is 0 Å². The molecule has 0 saturated heterocycles. The Morgan fingerprint density at radius 2 is 1.75 bits per heavy atom. The van der Waals surface area contributed by atoms with Gasteiger partial charge in [0.25, 0.3) is 0 Å². The number of hydrogen-bond donors (Lipinski definition) is 1. The molecule has 0 bridgehead atoms. The van der Waals surface area contributed by atoms with Gasteiger partial charge < -0.3 is 5.32 Å². The van der Waals surface area contributed by atoms with Gasteiger partial charge in [0.2, 0.25) is 0 Å². The summed E-state index contributed by atoms with van der Waals surface area (Å²) in [7, 11) is 0. The van der Waals surface area contributed by atoms with Gasteiger partial charge in [0.15, 0.2) is 0 Å². The summed E-state index contributed by atoms with van der Waals surface area (Å²) in [4.78, 5) is 10.6. The summed E-state index contributed by atoms with van der Waals surface area (Å²) in [6.07, 6.45) is 0.848. The quantitative estimate of drug-likeness (QED) is 0.786. The molecule has 0 aliphatic rings. The molecule has 0 aromatic heterocycles. The lowest BCUT2D eigenvalue weighted by Gasteiger charge is -2.06. The van der Waals surface area contributed by atoms with Crippen molar-refractivity contribution in [2.45, 2.75) is 6.92 Å². The van der Waals surface area contributed by atoms with Gasteiger partial charge in [0.1, 0.15) is 6.29 Å². The molecule has 0 unspecified atom stereocenters. The van der Waals surface area contributed by atoms with Gasteiger partial charge in [-0.25, -0.2) is 0 Å². The lowest BCUT2D eigenvalue weighted by molar-refractivity contribution is 0.112. The largest absolute Gasteiger partial charge is 0.356 e. The van der Waals surface area contributed by atoms with E-state index in [2.05, 4.69) is 12.2 Å². The highest BCUT2D eigenvalue weighted by atomic mass is 16.1. The van der Waals surface area contributed by atoms with E-state index < -0.39 is 0 Å². The Kier molecular flexibility index (Phi) is 3.01. The fourth-order valence-corrected chi connectivity index (χ4v) is 1.49. The molecule has 0 spiro atoms. The summed E-state index contributed by atoms with van der Waals surface area (Å²) in [5, 5.41) is 3.25. The van der Waals surface area contributed by atoms with Crippen molar-refractivity contribution in [2.75, 3.05) is 5.32 Å². The molecule has 0 fully saturated rings. The van der Waals surface area contributed by atoms with Gasteiger partial charge in [0.05, 0.1) is 0 Å². The smallest absolute Gasteiger partial charge is 0.150 e. The third-order valence-corrected chi connectivity index (χ3v) is 2.36. The van der Waals surface area contributed by atoms with Crippen molar-refractivity contribution < 1.29 is 4.79 Å². The normalized spacial score (nSPS) is 9.81. The molecule has 2 rings (SSSR count). The zero-order chi connectivity index (χ0) is 11.4. The summed E-state index contributed by atoms with van der Waals surface area (Å²) >= 11 is 0. The van der Waals surface area contributed by atoms with Crippen molar-refractivity contribution in [3.63, 3.8) is 0 Å². The highest BCUT2D eigenvalue weighted by molar-refractivity contribution is 5.77. The van der Waals surface area contributed by atoms with Crippen LogP contribution in [0.3, 0.4) is 0 Å². The van der Waals surface area contributed by atoms with Crippen LogP contribution in [0, 0.1) is 6.92 Å². The Morgan fingerprint density at radius 3 is 2.44 bits per heavy atom. The van der Waals surface area contributed by atoms with E-state index in [9.17, 15) is 4.79 Å². The maximum atomic E-state index is 10.6. The van der Waals surface area contributed by atoms with Gasteiger partial charge in [-0.1, -0.05) is 29.8 Å². The van der Waals surface area contributed by atoms with Gasteiger partial charge in [-0.15, -0.1) is 0 Å². The molecule has 80 valence electrons. The monoisotopic (exact) mass is 211 g/mol. The maximum Gasteiger partial charge on any atom is 0.150 e. The number of benzene rings is 2. The molecule has 0 atom stereocenters. The topological polar surface area (TPSA) is 29.1 Å². The number of carbonyl (C=O) groups is 1. The van der Waals surface area contributed by atoms with Crippen molar-refractivity contribution in [2.24, 2.45) is 0 Å². The molecular formula is C14H13NO. The number of anilines is 2. The minimum atomic E-state index is 0.678. The first-order valence-electron chi connectivity index (χ1n) is 5.17. The number of aldehydes is 1. The second-order valence-corrected chi connectivity index (χ2v) is 3.73. The average molecular weight is 211 g/mol. The third kappa shape index (κ3) is 2.48. The van der Waals surface area contributed by atoms with Crippen LogP contribution in [0.25, 0.3) is 0 Å². The fourth-order valence-electron chi connectivity index (χ4n) is 1.49. The summed E-state index contributed by atoms with van der Waals surface area (Å²) in [6.45, 7) is 2.05. The van der Waals surface area contributed by atoms with Crippen molar-refractivity contribution in [1.82, 2.24) is 0 Å². The molecule has 2 heteroatoms. The first-order chi connectivity index (χ1) is 7.78. The molecule has 0 saturated carbocycles. The van der Waals surface area contributed by atoms with E-state index >= 15 is 0 Å². The molecule has 1 N–H and O–H groups in total. The number of nitrogens with one attached hydrogen (secondary N) is 1. The van der Waals surface area contributed by atoms with Crippen molar-refractivity contribution >= 4 is 17.7 Å². The Morgan fingerprint density at radius 1 is 1.00 bits per heavy atom. The molecule has 0 aliphatic heterocycles. The predicted octanol–water partition coefficient (Wildman–Crippen LogP) is 3.55. The van der Waals surface area contributed by atoms with Gasteiger partial charge in [-0.2, -0.15) is 0 Å². The standard InChI is InChI=1S/C14H13NO/c1-11-5-7-13(8-6-11)15-14-4-2-3-12(9-14)10-16/h2-10,15H,1H3. The highest BCUT2D eigenvalue weighted by Crippen LogP contribution is 2.17. The lowest BCUT2D eigenvalue weighted by atomic mass is 10.2. The van der Waals surface area contributed by atoms with Crippen LogP contribution in [0.15, 0.2) is 48.5 Å². The second-order valence-electron chi connectivity index (χ2n) is 3.73. The Hall–Kier alpha value is -2.09. The molecule has 2 aromatic carbocycles. The van der Waals surface area contributed by atoms with Crippen molar-refractivity contribution in [3.8, 4) is 0 Å². The highest BCUT2D eigenvalue weighted by Gasteiger charge is 1.95. The van der Waals surface area contributed by atoms with Crippen LogP contribution in [-0.4, -0.2) is 6.29 Å². The summed E-state index contributed by atoms with van der Waals surface area (Å²) in [5.41, 5.74) is 3.85. The first kappa shape index (κ1) is 10.4. The van der Waals surface area contributed by atoms with Gasteiger partial charge in [-0.3, -0.25) is 4.79 Å². The number of rotatable bonds is 3. The summed E-state index contributed by atoms with van der Waals surface area (Å²) < 4.78 is 0. The maximum absolute atomic E-state index is 10.6. The van der Waals surface area contributed by atoms with E-state index in [1.54, 1.807) is 6.07 Å². The lowest BCUT2D eigenvalue weighted by Crippen LogP contribution is -1.91. The number of aryl methyl sites for hydroxylation is 1. The van der Waals surface area contributed by atoms with E-state index in [0.717, 1.165) is 17.7 Å². The van der Waals surface area contributed by atoms with Crippen molar-refractivity contribution in [3.05, 3.63) is 59.7 Å². The molecule has 0 aliphatic carbocycles. The Balaban J connectivity index is 2.20. The molecular weight excluding hydrogens is 198 g/mol. The molecule has 16 heavy (non-hydrogen) atoms. The zero-order valence-electron chi connectivity index (χ0n) is 9.10. The van der Waals surface area contributed by atoms with Gasteiger partial charge in [-0.05, 0) is 31.2 Å². The number of carbonyl (C=O) groups excluding carboxylic acids is 1. The van der Waals surface area contributed by atoms with Crippen LogP contribution in [0.1, 0.15) is 15.9 Å². The van der Waals surface area contributed by atoms with E-state index in [1.807, 2.05) is 42.5 Å². The SMILES string of the molecule is Cc1ccc(Nc2cccc(C=O)c2)cc1. The van der Waals surface area contributed by atoms with Crippen molar-refractivity contribution in [1.29, 1.82) is 0 Å².